The average molecular weight is 247 g/mol. The van der Waals surface area contributed by atoms with E-state index in [1.165, 1.54) is 31.2 Å². The monoisotopic (exact) mass is 247 g/mol. The summed E-state index contributed by atoms with van der Waals surface area (Å²) in [7, 11) is 1.76. The number of methoxy groups -OCH3 is 1. The van der Waals surface area contributed by atoms with Gasteiger partial charge in [0.05, 0.1) is 7.11 Å². The van der Waals surface area contributed by atoms with Crippen LogP contribution in [-0.2, 0) is 0 Å². The zero-order valence-corrected chi connectivity index (χ0v) is 11.8. The van der Waals surface area contributed by atoms with Crippen molar-refractivity contribution in [3.8, 4) is 5.75 Å². The van der Waals surface area contributed by atoms with Gasteiger partial charge in [-0.15, -0.1) is 0 Å². The molecule has 0 radical (unpaired) electrons. The van der Waals surface area contributed by atoms with E-state index in [4.69, 9.17) is 4.74 Å². The van der Waals surface area contributed by atoms with Gasteiger partial charge in [0.1, 0.15) is 5.75 Å². The van der Waals surface area contributed by atoms with E-state index < -0.39 is 0 Å². The third-order valence-corrected chi connectivity index (χ3v) is 3.96. The maximum absolute atomic E-state index is 5.44. The highest BCUT2D eigenvalue weighted by Gasteiger charge is 2.32. The fourth-order valence-electron chi connectivity index (χ4n) is 2.93. The molecule has 1 aromatic carbocycles. The minimum Gasteiger partial charge on any atom is -0.496 e. The van der Waals surface area contributed by atoms with Crippen molar-refractivity contribution in [3.63, 3.8) is 0 Å². The number of hydrogen-bond acceptors (Lipinski definition) is 2. The van der Waals surface area contributed by atoms with Crippen LogP contribution in [-0.4, -0.2) is 19.2 Å². The second-order valence-electron chi connectivity index (χ2n) is 5.46. The smallest absolute Gasteiger partial charge is 0.122 e. The van der Waals surface area contributed by atoms with E-state index in [0.717, 1.165) is 5.75 Å². The number of rotatable bonds is 6. The lowest BCUT2D eigenvalue weighted by Crippen LogP contribution is -2.44. The van der Waals surface area contributed by atoms with E-state index in [9.17, 15) is 0 Å². The number of nitrogens with one attached hydrogen (secondary N) is 1. The Kier molecular flexibility index (Phi) is 4.65. The van der Waals surface area contributed by atoms with Crippen LogP contribution in [0.15, 0.2) is 24.3 Å². The Hall–Kier alpha value is -1.02. The van der Waals surface area contributed by atoms with Crippen molar-refractivity contribution in [2.24, 2.45) is 0 Å². The second kappa shape index (κ2) is 6.24. The Morgan fingerprint density at radius 1 is 1.33 bits per heavy atom. The molecule has 100 valence electrons. The Balaban J connectivity index is 1.85. The van der Waals surface area contributed by atoms with Crippen LogP contribution in [0.4, 0.5) is 0 Å². The summed E-state index contributed by atoms with van der Waals surface area (Å²) in [6.07, 6.45) is 5.02. The highest BCUT2D eigenvalue weighted by molar-refractivity contribution is 5.37. The van der Waals surface area contributed by atoms with Crippen molar-refractivity contribution < 1.29 is 4.74 Å². The lowest BCUT2D eigenvalue weighted by molar-refractivity contribution is 0.259. The van der Waals surface area contributed by atoms with Crippen LogP contribution in [0.25, 0.3) is 0 Å². The first-order valence-corrected chi connectivity index (χ1v) is 7.13. The zero-order valence-electron chi connectivity index (χ0n) is 11.8. The quantitative estimate of drug-likeness (QED) is 0.827. The molecule has 0 saturated heterocycles. The van der Waals surface area contributed by atoms with E-state index in [2.05, 4.69) is 37.4 Å². The van der Waals surface area contributed by atoms with Crippen molar-refractivity contribution in [3.05, 3.63) is 29.8 Å². The van der Waals surface area contributed by atoms with Gasteiger partial charge in [0.2, 0.25) is 0 Å². The highest BCUT2D eigenvalue weighted by Crippen LogP contribution is 2.41. The summed E-state index contributed by atoms with van der Waals surface area (Å²) in [6, 6.07) is 9.77. The molecule has 0 aliphatic heterocycles. The lowest BCUT2D eigenvalue weighted by atomic mass is 9.75. The molecule has 1 aliphatic rings. The number of hydrogen-bond donors (Lipinski definition) is 1. The van der Waals surface area contributed by atoms with E-state index >= 15 is 0 Å². The van der Waals surface area contributed by atoms with Crippen LogP contribution < -0.4 is 10.1 Å². The molecule has 0 bridgehead atoms. The van der Waals surface area contributed by atoms with Gasteiger partial charge in [-0.05, 0) is 43.7 Å². The Morgan fingerprint density at radius 3 is 2.72 bits per heavy atom. The van der Waals surface area contributed by atoms with Gasteiger partial charge < -0.3 is 10.1 Å². The summed E-state index contributed by atoms with van der Waals surface area (Å²) in [6.45, 7) is 4.54. The summed E-state index contributed by atoms with van der Waals surface area (Å²) in [5.74, 6) is 1.72. The van der Waals surface area contributed by atoms with Gasteiger partial charge in [-0.1, -0.05) is 31.5 Å². The molecule has 1 fully saturated rings. The van der Waals surface area contributed by atoms with Gasteiger partial charge in [-0.3, -0.25) is 0 Å². The summed E-state index contributed by atoms with van der Waals surface area (Å²) in [5.41, 5.74) is 1.38. The van der Waals surface area contributed by atoms with Crippen LogP contribution in [0.5, 0.6) is 5.75 Å². The van der Waals surface area contributed by atoms with E-state index in [1.54, 1.807) is 7.11 Å². The molecule has 0 amide bonds. The normalized spacial score (nSPS) is 24.4. The van der Waals surface area contributed by atoms with Crippen molar-refractivity contribution in [1.29, 1.82) is 0 Å². The van der Waals surface area contributed by atoms with Crippen molar-refractivity contribution >= 4 is 0 Å². The summed E-state index contributed by atoms with van der Waals surface area (Å²) in [4.78, 5) is 0. The average Bonchev–Trinajstić information content (AvgIpc) is 2.33. The minimum atomic E-state index is 0.651. The predicted molar refractivity (Wildman–Crippen MR) is 76.3 cm³/mol. The number of benzene rings is 1. The summed E-state index contributed by atoms with van der Waals surface area (Å²) < 4.78 is 5.44. The fourth-order valence-corrected chi connectivity index (χ4v) is 2.93. The van der Waals surface area contributed by atoms with Crippen LogP contribution in [0.2, 0.25) is 0 Å². The Labute approximate surface area is 111 Å². The van der Waals surface area contributed by atoms with Crippen LogP contribution in [0.3, 0.4) is 0 Å². The molecule has 1 unspecified atom stereocenters. The molecule has 1 aliphatic carbocycles. The van der Waals surface area contributed by atoms with Crippen LogP contribution >= 0.6 is 0 Å². The molecule has 2 nitrogen and oxygen atoms in total. The Morgan fingerprint density at radius 2 is 2.06 bits per heavy atom. The van der Waals surface area contributed by atoms with E-state index in [-0.39, 0.29) is 0 Å². The third-order valence-electron chi connectivity index (χ3n) is 3.96. The van der Waals surface area contributed by atoms with Gasteiger partial charge in [0.15, 0.2) is 0 Å². The molecule has 1 atom stereocenters. The summed E-state index contributed by atoms with van der Waals surface area (Å²) >= 11 is 0. The largest absolute Gasteiger partial charge is 0.496 e. The molecule has 1 aromatic rings. The van der Waals surface area contributed by atoms with E-state index in [0.29, 0.717) is 18.0 Å². The zero-order chi connectivity index (χ0) is 13.0. The first-order valence-electron chi connectivity index (χ1n) is 7.13. The standard InChI is InChI=1S/C16H25NO/c1-4-7-12(2)17-14-10-13(11-14)15-8-5-6-9-16(15)18-3/h5-6,8-9,12-14,17H,4,7,10-11H2,1-3H3. The molecule has 2 rings (SSSR count). The molecular formula is C16H25NO. The van der Waals surface area contributed by atoms with Gasteiger partial charge in [0, 0.05) is 12.1 Å². The van der Waals surface area contributed by atoms with Gasteiger partial charge in [0.25, 0.3) is 0 Å². The maximum atomic E-state index is 5.44. The summed E-state index contributed by atoms with van der Waals surface area (Å²) in [5, 5.41) is 3.71. The predicted octanol–water partition coefficient (Wildman–Crippen LogP) is 3.72. The van der Waals surface area contributed by atoms with Gasteiger partial charge in [-0.25, -0.2) is 0 Å². The van der Waals surface area contributed by atoms with E-state index in [1.807, 2.05) is 6.07 Å². The van der Waals surface area contributed by atoms with Crippen molar-refractivity contribution in [2.45, 2.75) is 57.5 Å². The number of para-hydroxylation sites is 1. The van der Waals surface area contributed by atoms with Gasteiger partial charge in [-0.2, -0.15) is 0 Å². The SMILES string of the molecule is CCCC(C)NC1CC(c2ccccc2OC)C1. The first kappa shape index (κ1) is 13.4. The third kappa shape index (κ3) is 3.05. The van der Waals surface area contributed by atoms with Gasteiger partial charge >= 0.3 is 0 Å². The molecule has 0 spiro atoms. The molecule has 1 N–H and O–H groups in total. The van der Waals surface area contributed by atoms with Crippen molar-refractivity contribution in [2.75, 3.05) is 7.11 Å². The topological polar surface area (TPSA) is 21.3 Å². The molecule has 0 aromatic heterocycles. The van der Waals surface area contributed by atoms with Crippen LogP contribution in [0.1, 0.15) is 51.0 Å². The van der Waals surface area contributed by atoms with Crippen molar-refractivity contribution in [1.82, 2.24) is 5.32 Å². The first-order chi connectivity index (χ1) is 8.74. The lowest BCUT2D eigenvalue weighted by Gasteiger charge is -2.38. The Bertz CT molecular complexity index is 371. The molecule has 2 heteroatoms. The molecule has 0 heterocycles. The second-order valence-corrected chi connectivity index (χ2v) is 5.46. The fraction of sp³-hybridized carbons (Fsp3) is 0.625. The maximum Gasteiger partial charge on any atom is 0.122 e. The molecular weight excluding hydrogens is 222 g/mol. The molecule has 1 saturated carbocycles. The molecule has 18 heavy (non-hydrogen) atoms. The van der Waals surface area contributed by atoms with Crippen LogP contribution in [0, 0.1) is 0 Å². The number of ether oxygens (including phenoxy) is 1. The minimum absolute atomic E-state index is 0.651. The highest BCUT2D eigenvalue weighted by atomic mass is 16.5.